The maximum Gasteiger partial charge on any atom is 0.198 e. The number of aryl methyl sites for hydroxylation is 1. The fourth-order valence-corrected chi connectivity index (χ4v) is 4.61. The Bertz CT molecular complexity index is 1060. The van der Waals surface area contributed by atoms with Crippen molar-refractivity contribution in [3.63, 3.8) is 0 Å². The fraction of sp³-hybridized carbons (Fsp3) is 0.400. The molecular formula is C30H46BN5. The highest BCUT2D eigenvalue weighted by molar-refractivity contribution is 6.66. The molecule has 0 fully saturated rings. The lowest BCUT2D eigenvalue weighted by Crippen LogP contribution is -2.42. The molecule has 194 valence electrons. The number of anilines is 1. The molecule has 0 bridgehead atoms. The Morgan fingerprint density at radius 3 is 2.58 bits per heavy atom. The van der Waals surface area contributed by atoms with Crippen LogP contribution >= 0.6 is 0 Å². The summed E-state index contributed by atoms with van der Waals surface area (Å²) in [6, 6.07) is 12.7. The van der Waals surface area contributed by atoms with E-state index in [1.807, 2.05) is 27.9 Å². The molecule has 36 heavy (non-hydrogen) atoms. The second-order valence-corrected chi connectivity index (χ2v) is 9.82. The van der Waals surface area contributed by atoms with Crippen molar-refractivity contribution in [3.8, 4) is 0 Å². The summed E-state index contributed by atoms with van der Waals surface area (Å²) in [6.07, 6.45) is 4.42. The molecule has 2 unspecified atom stereocenters. The van der Waals surface area contributed by atoms with Gasteiger partial charge in [-0.05, 0) is 80.8 Å². The molecule has 2 aliphatic heterocycles. The first-order chi connectivity index (χ1) is 17.2. The van der Waals surface area contributed by atoms with Crippen LogP contribution in [0.15, 0.2) is 67.4 Å². The lowest BCUT2D eigenvalue weighted by Gasteiger charge is -2.27. The Kier molecular flexibility index (Phi) is 11.5. The molecular weight excluding hydrogens is 441 g/mol. The number of benzene rings is 2. The van der Waals surface area contributed by atoms with Gasteiger partial charge in [0.05, 0.1) is 6.04 Å². The minimum atomic E-state index is -0.224. The number of nitrogens with zero attached hydrogens (tertiary/aromatic N) is 1. The van der Waals surface area contributed by atoms with Crippen molar-refractivity contribution >= 4 is 18.0 Å². The van der Waals surface area contributed by atoms with Gasteiger partial charge in [-0.3, -0.25) is 0 Å². The van der Waals surface area contributed by atoms with Crippen LogP contribution in [0.3, 0.4) is 0 Å². The number of hydrogen-bond donors (Lipinski definition) is 4. The Hall–Kier alpha value is -2.80. The zero-order valence-electron chi connectivity index (χ0n) is 23.2. The number of rotatable bonds is 7. The van der Waals surface area contributed by atoms with Gasteiger partial charge in [-0.1, -0.05) is 68.9 Å². The van der Waals surface area contributed by atoms with E-state index in [9.17, 15) is 0 Å². The minimum Gasteiger partial charge on any atom is -0.396 e. The summed E-state index contributed by atoms with van der Waals surface area (Å²) in [5.74, 6) is 2.93. The highest BCUT2D eigenvalue weighted by Crippen LogP contribution is 2.29. The Morgan fingerprint density at radius 2 is 1.94 bits per heavy atom. The largest absolute Gasteiger partial charge is 0.396 e. The summed E-state index contributed by atoms with van der Waals surface area (Å²) < 4.78 is 0. The van der Waals surface area contributed by atoms with Crippen molar-refractivity contribution in [3.05, 3.63) is 95.2 Å². The highest BCUT2D eigenvalue weighted by Gasteiger charge is 2.32. The molecule has 2 heterocycles. The highest BCUT2D eigenvalue weighted by atomic mass is 15.1. The van der Waals surface area contributed by atoms with Gasteiger partial charge in [0.25, 0.3) is 0 Å². The lowest BCUT2D eigenvalue weighted by molar-refractivity contribution is 0.403. The Balaban J connectivity index is 0.000000238. The third kappa shape index (κ3) is 7.85. The zero-order chi connectivity index (χ0) is 26.8. The maximum absolute atomic E-state index is 5.86. The number of allylic oxidation sites excluding steroid dienone is 1. The minimum absolute atomic E-state index is 0.224. The molecule has 6 N–H and O–H groups in total. The van der Waals surface area contributed by atoms with Crippen molar-refractivity contribution in [2.75, 3.05) is 26.0 Å². The molecule has 0 amide bonds. The molecule has 2 aromatic rings. The van der Waals surface area contributed by atoms with Crippen LogP contribution in [0.25, 0.3) is 5.57 Å². The van der Waals surface area contributed by atoms with Crippen molar-refractivity contribution in [1.29, 1.82) is 0 Å². The van der Waals surface area contributed by atoms with Crippen LogP contribution in [0.2, 0.25) is 0 Å². The van der Waals surface area contributed by atoms with Gasteiger partial charge < -0.3 is 27.0 Å². The van der Waals surface area contributed by atoms with Crippen LogP contribution < -0.4 is 22.1 Å². The first-order valence-corrected chi connectivity index (χ1v) is 13.0. The number of fused-ring (bicyclic) bond motifs is 2. The van der Waals surface area contributed by atoms with Crippen LogP contribution in [0, 0.1) is 6.92 Å². The van der Waals surface area contributed by atoms with E-state index in [1.54, 1.807) is 0 Å². The van der Waals surface area contributed by atoms with Gasteiger partial charge in [-0.2, -0.15) is 0 Å². The van der Waals surface area contributed by atoms with Crippen molar-refractivity contribution < 1.29 is 0 Å². The summed E-state index contributed by atoms with van der Waals surface area (Å²) in [4.78, 5) is 2.13. The monoisotopic (exact) mass is 487 g/mol. The van der Waals surface area contributed by atoms with Crippen LogP contribution in [-0.4, -0.2) is 44.2 Å². The Morgan fingerprint density at radius 1 is 1.22 bits per heavy atom. The molecule has 0 saturated heterocycles. The molecule has 2 aliphatic rings. The van der Waals surface area contributed by atoms with E-state index in [4.69, 9.17) is 11.5 Å². The summed E-state index contributed by atoms with van der Waals surface area (Å²) in [5.41, 5.74) is 21.2. The molecule has 0 spiro atoms. The lowest BCUT2D eigenvalue weighted by atomic mass is 9.39. The van der Waals surface area contributed by atoms with Gasteiger partial charge >= 0.3 is 0 Å². The van der Waals surface area contributed by atoms with Crippen molar-refractivity contribution in [2.24, 2.45) is 11.5 Å². The molecule has 0 radical (unpaired) electrons. The van der Waals surface area contributed by atoms with Gasteiger partial charge in [0.1, 0.15) is 0 Å². The van der Waals surface area contributed by atoms with E-state index in [0.717, 1.165) is 30.7 Å². The molecule has 0 aromatic heterocycles. The van der Waals surface area contributed by atoms with E-state index < -0.39 is 0 Å². The molecule has 0 aliphatic carbocycles. The summed E-state index contributed by atoms with van der Waals surface area (Å²) in [5, 5.41) is 6.73. The van der Waals surface area contributed by atoms with E-state index in [2.05, 4.69) is 91.1 Å². The maximum atomic E-state index is 5.86. The summed E-state index contributed by atoms with van der Waals surface area (Å²) in [6.45, 7) is 18.1. The second-order valence-electron chi connectivity index (χ2n) is 9.82. The normalized spacial score (nSPS) is 15.9. The van der Waals surface area contributed by atoms with Crippen molar-refractivity contribution in [1.82, 2.24) is 10.2 Å². The van der Waals surface area contributed by atoms with Crippen LogP contribution in [0.1, 0.15) is 48.6 Å². The number of nitrogens with one attached hydrogen (secondary N) is 2. The third-order valence-corrected chi connectivity index (χ3v) is 6.53. The van der Waals surface area contributed by atoms with E-state index >= 15 is 0 Å². The molecule has 2 atom stereocenters. The van der Waals surface area contributed by atoms with E-state index in [-0.39, 0.29) is 6.04 Å². The SMILES string of the molecule is C=C(C)c1cccc2c1CB1C=CNC1C2.C=C(Nc1cc(C)ccc1CN(C)C)C(N)CN.CC. The molecule has 6 heteroatoms. The van der Waals surface area contributed by atoms with Gasteiger partial charge in [-0.15, -0.1) is 0 Å². The predicted octanol–water partition coefficient (Wildman–Crippen LogP) is 4.71. The quantitative estimate of drug-likeness (QED) is 0.426. The topological polar surface area (TPSA) is 79.3 Å². The molecule has 4 rings (SSSR count). The van der Waals surface area contributed by atoms with Gasteiger partial charge in [0.15, 0.2) is 6.71 Å². The fourth-order valence-electron chi connectivity index (χ4n) is 4.61. The van der Waals surface area contributed by atoms with Crippen LogP contribution in [0.4, 0.5) is 5.69 Å². The summed E-state index contributed by atoms with van der Waals surface area (Å²) >= 11 is 0. The predicted molar refractivity (Wildman–Crippen MR) is 160 cm³/mol. The Labute approximate surface area is 219 Å². The van der Waals surface area contributed by atoms with Gasteiger partial charge in [0.2, 0.25) is 0 Å². The standard InChI is InChI=1S/C14H16BN.C14H24N4.C2H6/c1-10(2)12-5-3-4-11-8-14-15(6-7-16-14)9-13(11)12;1-10-5-6-12(9-18(3)4)14(7-10)17-11(2)13(16)8-15;1-2/h3-7,14,16H,1,8-9H2,2H3;5-7,13,17H,2,8-9,15-16H2,1,3-4H3;1-2H3. The van der Waals surface area contributed by atoms with Crippen LogP contribution in [0.5, 0.6) is 0 Å². The smallest absolute Gasteiger partial charge is 0.198 e. The molecule has 5 nitrogen and oxygen atoms in total. The summed E-state index contributed by atoms with van der Waals surface area (Å²) in [7, 11) is 4.09. The average Bonchev–Trinajstić information content (AvgIpc) is 3.32. The second kappa shape index (κ2) is 14.1. The number of nitrogens with two attached hydrogens (primary N) is 2. The molecule has 2 aromatic carbocycles. The van der Waals surface area contributed by atoms with E-state index in [1.165, 1.54) is 33.4 Å². The number of hydrogen-bond acceptors (Lipinski definition) is 5. The first-order valence-electron chi connectivity index (χ1n) is 13.0. The van der Waals surface area contributed by atoms with Crippen LogP contribution in [-0.2, 0) is 19.3 Å². The third-order valence-electron chi connectivity index (χ3n) is 6.53. The van der Waals surface area contributed by atoms with Gasteiger partial charge in [-0.25, -0.2) is 0 Å². The first kappa shape index (κ1) is 29.4. The van der Waals surface area contributed by atoms with Crippen molar-refractivity contribution in [2.45, 2.75) is 59.0 Å². The molecule has 0 saturated carbocycles. The van der Waals surface area contributed by atoms with E-state index in [0.29, 0.717) is 19.2 Å². The average molecular weight is 488 g/mol. The van der Waals surface area contributed by atoms with Gasteiger partial charge in [0, 0.05) is 30.4 Å². The zero-order valence-corrected chi connectivity index (χ0v) is 23.2.